The number of carbonyl (C=O) groups excluding carboxylic acids is 2. The van der Waals surface area contributed by atoms with Gasteiger partial charge in [0.25, 0.3) is 0 Å². The molecular weight excluding hydrogens is 435 g/mol. The Morgan fingerprint density at radius 1 is 0.879 bits per heavy atom. The van der Waals surface area contributed by atoms with Gasteiger partial charge in [-0.15, -0.1) is 11.3 Å². The van der Waals surface area contributed by atoms with Crippen LogP contribution in [0.5, 0.6) is 0 Å². The van der Waals surface area contributed by atoms with E-state index in [1.165, 1.54) is 12.1 Å². The van der Waals surface area contributed by atoms with E-state index in [2.05, 4.69) is 0 Å². The molecular formula is C27H31FN2O2S. The van der Waals surface area contributed by atoms with E-state index in [9.17, 15) is 14.0 Å². The number of hydrogen-bond acceptors (Lipinski definition) is 3. The Labute approximate surface area is 199 Å². The number of hydrogen-bond donors (Lipinski definition) is 0. The van der Waals surface area contributed by atoms with Gasteiger partial charge in [0.2, 0.25) is 11.8 Å². The van der Waals surface area contributed by atoms with Crippen molar-refractivity contribution in [3.8, 4) is 0 Å². The van der Waals surface area contributed by atoms with Crippen LogP contribution < -0.4 is 0 Å². The first-order chi connectivity index (χ1) is 16.0. The molecule has 1 aromatic heterocycles. The van der Waals surface area contributed by atoms with E-state index in [1.807, 2.05) is 55.6 Å². The van der Waals surface area contributed by atoms with Crippen LogP contribution in [0.4, 0.5) is 4.39 Å². The standard InChI is InChI=1S/C27H31FN2O2S/c1-3-16-29(26(31)14-11-22-7-5-4-6-8-22)20-27(32)30(19-25-21(2)15-17-33-25)18-23-9-12-24(28)13-10-23/h4-10,12-13,15,17H,3,11,14,16,18-20H2,1-2H3. The maximum Gasteiger partial charge on any atom is 0.242 e. The van der Waals surface area contributed by atoms with Gasteiger partial charge in [0.15, 0.2) is 0 Å². The first-order valence-electron chi connectivity index (χ1n) is 11.3. The molecule has 0 unspecified atom stereocenters. The summed E-state index contributed by atoms with van der Waals surface area (Å²) >= 11 is 1.62. The van der Waals surface area contributed by atoms with Crippen molar-refractivity contribution in [1.29, 1.82) is 0 Å². The summed E-state index contributed by atoms with van der Waals surface area (Å²) in [6.45, 7) is 5.47. The van der Waals surface area contributed by atoms with Crippen molar-refractivity contribution < 1.29 is 14.0 Å². The largest absolute Gasteiger partial charge is 0.333 e. The molecule has 4 nitrogen and oxygen atoms in total. The molecule has 0 atom stereocenters. The van der Waals surface area contributed by atoms with E-state index in [0.717, 1.165) is 28.0 Å². The van der Waals surface area contributed by atoms with Crippen molar-refractivity contribution in [3.05, 3.63) is 93.4 Å². The zero-order chi connectivity index (χ0) is 23.6. The average Bonchev–Trinajstić information content (AvgIpc) is 3.23. The van der Waals surface area contributed by atoms with Crippen LogP contribution in [-0.4, -0.2) is 34.7 Å². The molecule has 1 heterocycles. The first-order valence-corrected chi connectivity index (χ1v) is 12.2. The van der Waals surface area contributed by atoms with Crippen LogP contribution >= 0.6 is 11.3 Å². The Morgan fingerprint density at radius 3 is 2.24 bits per heavy atom. The van der Waals surface area contributed by atoms with Crippen LogP contribution in [0.15, 0.2) is 66.0 Å². The Kier molecular flexibility index (Phi) is 9.19. The second-order valence-electron chi connectivity index (χ2n) is 8.20. The van der Waals surface area contributed by atoms with Crippen molar-refractivity contribution in [2.75, 3.05) is 13.1 Å². The number of nitrogens with zero attached hydrogens (tertiary/aromatic N) is 2. The smallest absolute Gasteiger partial charge is 0.242 e. The lowest BCUT2D eigenvalue weighted by molar-refractivity contribution is -0.141. The lowest BCUT2D eigenvalue weighted by Crippen LogP contribution is -2.42. The zero-order valence-electron chi connectivity index (χ0n) is 19.3. The monoisotopic (exact) mass is 466 g/mol. The SMILES string of the molecule is CCCN(CC(=O)N(Cc1ccc(F)cc1)Cc1sccc1C)C(=O)CCc1ccccc1. The second-order valence-corrected chi connectivity index (χ2v) is 9.20. The number of aryl methyl sites for hydroxylation is 2. The van der Waals surface area contributed by atoms with Gasteiger partial charge in [-0.05, 0) is 60.0 Å². The van der Waals surface area contributed by atoms with Crippen molar-refractivity contribution in [2.45, 2.75) is 46.2 Å². The zero-order valence-corrected chi connectivity index (χ0v) is 20.1. The third-order valence-electron chi connectivity index (χ3n) is 5.58. The Bertz CT molecular complexity index is 1030. The fraction of sp³-hybridized carbons (Fsp3) is 0.333. The van der Waals surface area contributed by atoms with Crippen molar-refractivity contribution >= 4 is 23.2 Å². The van der Waals surface area contributed by atoms with E-state index in [4.69, 9.17) is 0 Å². The van der Waals surface area contributed by atoms with Crippen LogP contribution in [0.25, 0.3) is 0 Å². The van der Waals surface area contributed by atoms with Crippen molar-refractivity contribution in [2.24, 2.45) is 0 Å². The lowest BCUT2D eigenvalue weighted by atomic mass is 10.1. The Morgan fingerprint density at radius 2 is 1.61 bits per heavy atom. The van der Waals surface area contributed by atoms with Crippen LogP contribution in [0.2, 0.25) is 0 Å². The second kappa shape index (κ2) is 12.3. The lowest BCUT2D eigenvalue weighted by Gasteiger charge is -2.28. The molecule has 0 radical (unpaired) electrons. The van der Waals surface area contributed by atoms with Gasteiger partial charge < -0.3 is 9.80 Å². The topological polar surface area (TPSA) is 40.6 Å². The van der Waals surface area contributed by atoms with Crippen LogP contribution in [0.1, 0.15) is 41.3 Å². The number of carbonyl (C=O) groups is 2. The number of amides is 2. The molecule has 0 aliphatic carbocycles. The third kappa shape index (κ3) is 7.53. The average molecular weight is 467 g/mol. The summed E-state index contributed by atoms with van der Waals surface area (Å²) in [7, 11) is 0. The van der Waals surface area contributed by atoms with Gasteiger partial charge in [-0.1, -0.05) is 49.4 Å². The quantitative estimate of drug-likeness (QED) is 0.369. The first kappa shape index (κ1) is 24.6. The summed E-state index contributed by atoms with van der Waals surface area (Å²) in [5.41, 5.74) is 3.11. The molecule has 0 spiro atoms. The third-order valence-corrected chi connectivity index (χ3v) is 6.59. The van der Waals surface area contributed by atoms with Crippen molar-refractivity contribution in [1.82, 2.24) is 9.80 Å². The fourth-order valence-electron chi connectivity index (χ4n) is 3.66. The molecule has 174 valence electrons. The summed E-state index contributed by atoms with van der Waals surface area (Å²) in [5.74, 6) is -0.416. The molecule has 0 aliphatic heterocycles. The van der Waals surface area contributed by atoms with Crippen molar-refractivity contribution in [3.63, 3.8) is 0 Å². The highest BCUT2D eigenvalue weighted by Crippen LogP contribution is 2.20. The molecule has 0 saturated carbocycles. The van der Waals surface area contributed by atoms with Crippen LogP contribution in [0, 0.1) is 12.7 Å². The summed E-state index contributed by atoms with van der Waals surface area (Å²) in [6.07, 6.45) is 1.81. The molecule has 0 bridgehead atoms. The number of benzene rings is 2. The summed E-state index contributed by atoms with van der Waals surface area (Å²) in [5, 5.41) is 2.02. The van der Waals surface area contributed by atoms with E-state index in [1.54, 1.807) is 33.3 Å². The molecule has 2 aromatic carbocycles. The maximum absolute atomic E-state index is 13.4. The summed E-state index contributed by atoms with van der Waals surface area (Å²) < 4.78 is 13.4. The molecule has 6 heteroatoms. The van der Waals surface area contributed by atoms with Gasteiger partial charge in [-0.25, -0.2) is 4.39 Å². The molecule has 33 heavy (non-hydrogen) atoms. The fourth-order valence-corrected chi connectivity index (χ4v) is 4.58. The number of halogens is 1. The van der Waals surface area contributed by atoms with Crippen LogP contribution in [0.3, 0.4) is 0 Å². The predicted octanol–water partition coefficient (Wildman–Crippen LogP) is 5.60. The summed E-state index contributed by atoms with van der Waals surface area (Å²) in [4.78, 5) is 30.9. The molecule has 3 aromatic rings. The minimum absolute atomic E-state index is 0.0110. The molecule has 0 saturated heterocycles. The highest BCUT2D eigenvalue weighted by Gasteiger charge is 2.22. The predicted molar refractivity (Wildman–Crippen MR) is 131 cm³/mol. The molecule has 0 aliphatic rings. The molecule has 2 amide bonds. The van der Waals surface area contributed by atoms with E-state index in [0.29, 0.717) is 32.5 Å². The van der Waals surface area contributed by atoms with Gasteiger partial charge in [-0.2, -0.15) is 0 Å². The van der Waals surface area contributed by atoms with Crippen LogP contribution in [-0.2, 0) is 29.1 Å². The highest BCUT2D eigenvalue weighted by atomic mass is 32.1. The minimum Gasteiger partial charge on any atom is -0.333 e. The molecule has 0 fully saturated rings. The number of thiophene rings is 1. The number of rotatable bonds is 11. The highest BCUT2D eigenvalue weighted by molar-refractivity contribution is 7.10. The minimum atomic E-state index is -0.302. The van der Waals surface area contributed by atoms with E-state index >= 15 is 0 Å². The Balaban J connectivity index is 1.70. The maximum atomic E-state index is 13.4. The van der Waals surface area contributed by atoms with Gasteiger partial charge in [0, 0.05) is 24.4 Å². The normalized spacial score (nSPS) is 10.8. The van der Waals surface area contributed by atoms with Gasteiger partial charge >= 0.3 is 0 Å². The van der Waals surface area contributed by atoms with E-state index < -0.39 is 0 Å². The Hall–Kier alpha value is -2.99. The summed E-state index contributed by atoms with van der Waals surface area (Å²) in [6, 6.07) is 18.2. The molecule has 0 N–H and O–H groups in total. The van der Waals surface area contributed by atoms with E-state index in [-0.39, 0.29) is 24.2 Å². The molecule has 3 rings (SSSR count). The van der Waals surface area contributed by atoms with Gasteiger partial charge in [-0.3, -0.25) is 9.59 Å². The van der Waals surface area contributed by atoms with Gasteiger partial charge in [0.05, 0.1) is 13.1 Å². The van der Waals surface area contributed by atoms with Gasteiger partial charge in [0.1, 0.15) is 5.82 Å².